The Morgan fingerprint density at radius 3 is 1.43 bits per heavy atom. The number of carboxylic acids is 2. The van der Waals surface area contributed by atoms with Crippen LogP contribution in [0, 0.1) is 11.8 Å². The number of carboxylic acid groups (broad SMARTS) is 2. The molecule has 56 heavy (non-hydrogen) atoms. The molecule has 0 saturated carbocycles. The summed E-state index contributed by atoms with van der Waals surface area (Å²) in [5.41, 5.74) is 16.1. The predicted octanol–water partition coefficient (Wildman–Crippen LogP) is -5.22. The van der Waals surface area contributed by atoms with E-state index in [-0.39, 0.29) is 18.8 Å². The molecule has 23 heteroatoms. The molecule has 0 aromatic rings. The first-order valence-corrected chi connectivity index (χ1v) is 17.8. The fraction of sp³-hybridized carbons (Fsp3) is 0.697. The summed E-state index contributed by atoms with van der Waals surface area (Å²) in [6.07, 6.45) is -5.52. The minimum atomic E-state index is -1.92. The second-order valence-electron chi connectivity index (χ2n) is 13.9. The van der Waals surface area contributed by atoms with E-state index >= 15 is 0 Å². The molecule has 0 unspecified atom stereocenters. The third-order valence-corrected chi connectivity index (χ3v) is 8.36. The van der Waals surface area contributed by atoms with E-state index in [1.165, 1.54) is 13.8 Å². The maximum absolute atomic E-state index is 13.6. The molecule has 0 fully saturated rings. The van der Waals surface area contributed by atoms with Crippen molar-refractivity contribution in [3.63, 3.8) is 0 Å². The summed E-state index contributed by atoms with van der Waals surface area (Å²) in [5, 5.41) is 52.2. The third kappa shape index (κ3) is 18.3. The molecule has 0 saturated heterocycles. The molecule has 8 amide bonds. The van der Waals surface area contributed by atoms with Crippen LogP contribution in [0.1, 0.15) is 80.1 Å². The lowest BCUT2D eigenvalue weighted by Crippen LogP contribution is -2.62. The third-order valence-electron chi connectivity index (χ3n) is 8.36. The van der Waals surface area contributed by atoms with Crippen molar-refractivity contribution in [2.45, 2.75) is 135 Å². The molecule has 23 nitrogen and oxygen atoms in total. The minimum absolute atomic E-state index is 0.00292. The zero-order valence-corrected chi connectivity index (χ0v) is 32.2. The van der Waals surface area contributed by atoms with Crippen molar-refractivity contribution in [3.05, 3.63) is 0 Å². The first-order chi connectivity index (χ1) is 25.8. The van der Waals surface area contributed by atoms with Gasteiger partial charge in [-0.25, -0.2) is 4.79 Å². The normalized spacial score (nSPS) is 16.5. The standard InChI is InChI=1S/C33H57N9O14/c1-7-14(4)25(41-28(50)18(11-22(35)46)38-27(49)17(8-9-21(34)45)37-30(52)24(36)15(5)43)31(53)39-19(12-23(47)48)29(51)42-26(16(6)44)32(54)40-20(33(55)56)10-13(2)3/h13-20,24-26,43-44H,7-12,36H2,1-6H3,(H2,34,45)(H2,35,46)(H,37,52)(H,38,49)(H,39,53)(H,40,54)(H,41,50)(H,42,51)(H,47,48)(H,55,56)/t14-,15+,16+,17-,18-,19-,20-,24-,25-,26-/m0/s1. The summed E-state index contributed by atoms with van der Waals surface area (Å²) in [6.45, 7) is 8.80. The van der Waals surface area contributed by atoms with Gasteiger partial charge in [-0.15, -0.1) is 0 Å². The molecule has 0 aliphatic carbocycles. The monoisotopic (exact) mass is 803 g/mol. The van der Waals surface area contributed by atoms with Gasteiger partial charge in [-0.05, 0) is 38.5 Å². The maximum atomic E-state index is 13.6. The van der Waals surface area contributed by atoms with Gasteiger partial charge in [0.05, 0.1) is 25.0 Å². The van der Waals surface area contributed by atoms with Crippen LogP contribution in [0.15, 0.2) is 0 Å². The van der Waals surface area contributed by atoms with Crippen LogP contribution in [-0.2, 0) is 47.9 Å². The van der Waals surface area contributed by atoms with Gasteiger partial charge in [-0.3, -0.25) is 43.2 Å². The number of carbonyl (C=O) groups is 10. The lowest BCUT2D eigenvalue weighted by Gasteiger charge is -2.29. The van der Waals surface area contributed by atoms with Gasteiger partial charge in [0, 0.05) is 6.42 Å². The number of aliphatic hydroxyl groups excluding tert-OH is 2. The van der Waals surface area contributed by atoms with Gasteiger partial charge in [0.25, 0.3) is 0 Å². The number of hydrogen-bond acceptors (Lipinski definition) is 13. The SMILES string of the molecule is CC[C@H](C)[C@H](NC(=O)[C@H](CC(N)=O)NC(=O)[C@H](CCC(N)=O)NC(=O)[C@@H](N)[C@@H](C)O)C(=O)N[C@@H](CC(=O)O)C(=O)N[C@H](C(=O)N[C@@H](CC(C)C)C(=O)O)[C@@H](C)O. The van der Waals surface area contributed by atoms with Gasteiger partial charge in [-0.1, -0.05) is 34.1 Å². The Labute approximate surface area is 323 Å². The van der Waals surface area contributed by atoms with Gasteiger partial charge in [0.1, 0.15) is 42.3 Å². The number of aliphatic hydroxyl groups is 2. The van der Waals surface area contributed by atoms with Crippen LogP contribution < -0.4 is 49.1 Å². The molecular weight excluding hydrogens is 746 g/mol. The van der Waals surface area contributed by atoms with E-state index in [1.807, 2.05) is 0 Å². The van der Waals surface area contributed by atoms with Crippen molar-refractivity contribution in [3.8, 4) is 0 Å². The fourth-order valence-electron chi connectivity index (χ4n) is 4.94. The van der Waals surface area contributed by atoms with Crippen LogP contribution in [0.4, 0.5) is 0 Å². The van der Waals surface area contributed by atoms with Gasteiger partial charge in [-0.2, -0.15) is 0 Å². The number of hydrogen-bond donors (Lipinski definition) is 13. The van der Waals surface area contributed by atoms with E-state index < -0.39 is 145 Å². The molecule has 16 N–H and O–H groups in total. The highest BCUT2D eigenvalue weighted by atomic mass is 16.4. The number of nitrogens with two attached hydrogens (primary N) is 3. The van der Waals surface area contributed by atoms with Crippen LogP contribution >= 0.6 is 0 Å². The molecule has 0 bridgehead atoms. The molecule has 0 spiro atoms. The highest BCUT2D eigenvalue weighted by molar-refractivity contribution is 5.99. The van der Waals surface area contributed by atoms with Crippen LogP contribution in [0.5, 0.6) is 0 Å². The Kier molecular flexibility index (Phi) is 21.8. The average molecular weight is 804 g/mol. The van der Waals surface area contributed by atoms with Gasteiger partial charge >= 0.3 is 11.9 Å². The van der Waals surface area contributed by atoms with Crippen molar-refractivity contribution in [2.24, 2.45) is 29.0 Å². The summed E-state index contributed by atoms with van der Waals surface area (Å²) < 4.78 is 0. The van der Waals surface area contributed by atoms with Crippen molar-refractivity contribution in [2.75, 3.05) is 0 Å². The van der Waals surface area contributed by atoms with Crippen molar-refractivity contribution in [1.29, 1.82) is 0 Å². The number of amides is 8. The smallest absolute Gasteiger partial charge is 0.326 e. The largest absolute Gasteiger partial charge is 0.481 e. The predicted molar refractivity (Wildman–Crippen MR) is 194 cm³/mol. The van der Waals surface area contributed by atoms with Crippen LogP contribution in [0.3, 0.4) is 0 Å². The number of carbonyl (C=O) groups excluding carboxylic acids is 8. The van der Waals surface area contributed by atoms with Gasteiger partial charge in [0.2, 0.25) is 47.3 Å². The highest BCUT2D eigenvalue weighted by Crippen LogP contribution is 2.12. The fourth-order valence-corrected chi connectivity index (χ4v) is 4.94. The van der Waals surface area contributed by atoms with E-state index in [0.29, 0.717) is 0 Å². The molecule has 10 atom stereocenters. The van der Waals surface area contributed by atoms with E-state index in [0.717, 1.165) is 6.92 Å². The first kappa shape index (κ1) is 50.6. The summed E-state index contributed by atoms with van der Waals surface area (Å²) in [7, 11) is 0. The molecule has 0 aromatic heterocycles. The Balaban J connectivity index is 6.39. The lowest BCUT2D eigenvalue weighted by molar-refractivity contribution is -0.144. The minimum Gasteiger partial charge on any atom is -0.481 e. The van der Waals surface area contributed by atoms with E-state index in [9.17, 15) is 68.4 Å². The van der Waals surface area contributed by atoms with E-state index in [2.05, 4.69) is 31.9 Å². The van der Waals surface area contributed by atoms with E-state index in [4.69, 9.17) is 17.2 Å². The zero-order chi connectivity index (χ0) is 43.6. The Bertz CT molecular complexity index is 1440. The highest BCUT2D eigenvalue weighted by Gasteiger charge is 2.37. The molecule has 0 aromatic carbocycles. The number of primary amides is 2. The van der Waals surface area contributed by atoms with Gasteiger partial charge in [0.15, 0.2) is 0 Å². The number of rotatable bonds is 26. The van der Waals surface area contributed by atoms with Crippen molar-refractivity contribution in [1.82, 2.24) is 31.9 Å². The Morgan fingerprint density at radius 1 is 0.554 bits per heavy atom. The molecule has 0 rings (SSSR count). The van der Waals surface area contributed by atoms with Gasteiger partial charge < -0.3 is 69.5 Å². The Hall–Kier alpha value is -5.42. The topological polar surface area (TPSA) is 402 Å². The Morgan fingerprint density at radius 2 is 1.00 bits per heavy atom. The average Bonchev–Trinajstić information content (AvgIpc) is 3.08. The number of nitrogens with one attached hydrogen (secondary N) is 6. The van der Waals surface area contributed by atoms with Crippen LogP contribution in [0.2, 0.25) is 0 Å². The quantitative estimate of drug-likeness (QED) is 0.0389. The summed E-state index contributed by atoms with van der Waals surface area (Å²) in [5.74, 6) is -12.7. The van der Waals surface area contributed by atoms with Crippen LogP contribution in [0.25, 0.3) is 0 Å². The van der Waals surface area contributed by atoms with Crippen LogP contribution in [-0.4, -0.2) is 134 Å². The second kappa shape index (κ2) is 24.2. The second-order valence-corrected chi connectivity index (χ2v) is 13.9. The molecule has 0 aliphatic rings. The summed E-state index contributed by atoms with van der Waals surface area (Å²) in [4.78, 5) is 126. The lowest BCUT2D eigenvalue weighted by atomic mass is 9.96. The van der Waals surface area contributed by atoms with Crippen molar-refractivity contribution < 1.29 is 68.4 Å². The first-order valence-electron chi connectivity index (χ1n) is 17.8. The maximum Gasteiger partial charge on any atom is 0.326 e. The van der Waals surface area contributed by atoms with E-state index in [1.54, 1.807) is 20.8 Å². The zero-order valence-electron chi connectivity index (χ0n) is 32.2. The molecular formula is C33H57N9O14. The molecule has 0 radical (unpaired) electrons. The number of aliphatic carboxylic acids is 2. The van der Waals surface area contributed by atoms with Crippen molar-refractivity contribution >= 4 is 59.2 Å². The molecule has 0 aliphatic heterocycles. The summed E-state index contributed by atoms with van der Waals surface area (Å²) >= 11 is 0. The summed E-state index contributed by atoms with van der Waals surface area (Å²) in [6, 6.07) is -11.6. The molecule has 0 heterocycles. The molecule has 318 valence electrons.